The summed E-state index contributed by atoms with van der Waals surface area (Å²) in [5.74, 6) is 0.915. The first-order chi connectivity index (χ1) is 9.09. The van der Waals surface area contributed by atoms with Gasteiger partial charge in [0, 0.05) is 6.54 Å². The molecule has 1 unspecified atom stereocenters. The summed E-state index contributed by atoms with van der Waals surface area (Å²) >= 11 is 0. The lowest BCUT2D eigenvalue weighted by molar-refractivity contribution is -0.0140. The molecule has 1 saturated heterocycles. The first-order valence-corrected chi connectivity index (χ1v) is 7.10. The Labute approximate surface area is 116 Å². The first kappa shape index (κ1) is 14.4. The molecule has 1 N–H and O–H groups in total. The van der Waals surface area contributed by atoms with E-state index in [-0.39, 0.29) is 5.60 Å². The third-order valence-electron chi connectivity index (χ3n) is 3.68. The predicted octanol–water partition coefficient (Wildman–Crippen LogP) is 2.78. The first-order valence-electron chi connectivity index (χ1n) is 7.10. The molecule has 1 aliphatic heterocycles. The fourth-order valence-corrected chi connectivity index (χ4v) is 2.51. The summed E-state index contributed by atoms with van der Waals surface area (Å²) in [6, 6.07) is 8.27. The van der Waals surface area contributed by atoms with Crippen LogP contribution in [0, 0.1) is 0 Å². The Morgan fingerprint density at radius 1 is 1.32 bits per heavy atom. The quantitative estimate of drug-likeness (QED) is 0.801. The molecule has 3 heteroatoms. The van der Waals surface area contributed by atoms with Crippen LogP contribution in [0.3, 0.4) is 0 Å². The van der Waals surface area contributed by atoms with Crippen LogP contribution in [0.25, 0.3) is 0 Å². The molecule has 1 fully saturated rings. The van der Waals surface area contributed by atoms with Crippen molar-refractivity contribution in [3.05, 3.63) is 29.8 Å². The number of hydrogen-bond donors (Lipinski definition) is 1. The van der Waals surface area contributed by atoms with E-state index in [9.17, 15) is 0 Å². The van der Waals surface area contributed by atoms with Crippen LogP contribution in [0.1, 0.15) is 32.3 Å². The average molecular weight is 263 g/mol. The number of methoxy groups -OCH3 is 1. The van der Waals surface area contributed by atoms with Crippen molar-refractivity contribution in [2.45, 2.75) is 44.8 Å². The topological polar surface area (TPSA) is 30.5 Å². The Kier molecular flexibility index (Phi) is 4.83. The van der Waals surface area contributed by atoms with Crippen molar-refractivity contribution in [1.29, 1.82) is 0 Å². The number of nitrogens with one attached hydrogen (secondary N) is 1. The minimum Gasteiger partial charge on any atom is -0.497 e. The van der Waals surface area contributed by atoms with Gasteiger partial charge in [-0.15, -0.1) is 0 Å². The second-order valence-electron chi connectivity index (χ2n) is 5.84. The smallest absolute Gasteiger partial charge is 0.118 e. The predicted molar refractivity (Wildman–Crippen MR) is 77.8 cm³/mol. The van der Waals surface area contributed by atoms with E-state index in [0.29, 0.717) is 6.10 Å². The van der Waals surface area contributed by atoms with Crippen LogP contribution in [-0.4, -0.2) is 31.9 Å². The van der Waals surface area contributed by atoms with Gasteiger partial charge in [0.25, 0.3) is 0 Å². The number of rotatable bonds is 6. The van der Waals surface area contributed by atoms with E-state index >= 15 is 0 Å². The summed E-state index contributed by atoms with van der Waals surface area (Å²) in [4.78, 5) is 0. The fourth-order valence-electron chi connectivity index (χ4n) is 2.51. The van der Waals surface area contributed by atoms with Crippen molar-refractivity contribution in [3.8, 4) is 5.75 Å². The molecule has 1 heterocycles. The second-order valence-corrected chi connectivity index (χ2v) is 5.84. The molecule has 0 spiro atoms. The van der Waals surface area contributed by atoms with Gasteiger partial charge in [0.1, 0.15) is 5.75 Å². The Bertz CT molecular complexity index is 386. The van der Waals surface area contributed by atoms with E-state index in [1.807, 2.05) is 12.1 Å². The molecule has 0 saturated carbocycles. The molecule has 0 aromatic heterocycles. The van der Waals surface area contributed by atoms with Gasteiger partial charge in [0.15, 0.2) is 0 Å². The number of hydrogen-bond acceptors (Lipinski definition) is 3. The van der Waals surface area contributed by atoms with Gasteiger partial charge in [0.05, 0.1) is 18.8 Å². The summed E-state index contributed by atoms with van der Waals surface area (Å²) in [5, 5.41) is 3.49. The lowest BCUT2D eigenvalue weighted by atomic mass is 10.1. The van der Waals surface area contributed by atoms with E-state index < -0.39 is 0 Å². The Balaban J connectivity index is 1.64. The van der Waals surface area contributed by atoms with Crippen LogP contribution in [0.15, 0.2) is 24.3 Å². The average Bonchev–Trinajstić information content (AvgIpc) is 2.75. The van der Waals surface area contributed by atoms with Gasteiger partial charge in [-0.05, 0) is 57.4 Å². The Hall–Kier alpha value is -1.06. The number of benzene rings is 1. The van der Waals surface area contributed by atoms with Crippen molar-refractivity contribution >= 4 is 0 Å². The van der Waals surface area contributed by atoms with Crippen LogP contribution in [-0.2, 0) is 11.2 Å². The van der Waals surface area contributed by atoms with Crippen molar-refractivity contribution in [3.63, 3.8) is 0 Å². The van der Waals surface area contributed by atoms with E-state index in [1.165, 1.54) is 12.0 Å². The Morgan fingerprint density at radius 3 is 2.63 bits per heavy atom. The molecule has 1 aromatic rings. The molecule has 1 aromatic carbocycles. The van der Waals surface area contributed by atoms with E-state index in [4.69, 9.17) is 9.47 Å². The van der Waals surface area contributed by atoms with Gasteiger partial charge in [-0.2, -0.15) is 0 Å². The van der Waals surface area contributed by atoms with Gasteiger partial charge >= 0.3 is 0 Å². The highest BCUT2D eigenvalue weighted by molar-refractivity contribution is 5.27. The minimum absolute atomic E-state index is 0.0718. The maximum absolute atomic E-state index is 5.95. The molecule has 0 radical (unpaired) electrons. The summed E-state index contributed by atoms with van der Waals surface area (Å²) in [5.41, 5.74) is 1.41. The standard InChI is InChI=1S/C16H25NO2/c1-16(2)10-8-15(19-16)12-17-11-9-13-4-6-14(18-3)7-5-13/h4-7,15,17H,8-12H2,1-3H3. The van der Waals surface area contributed by atoms with Gasteiger partial charge in [-0.1, -0.05) is 12.1 Å². The third kappa shape index (κ3) is 4.51. The molecular weight excluding hydrogens is 238 g/mol. The maximum atomic E-state index is 5.95. The van der Waals surface area contributed by atoms with Crippen LogP contribution in [0.2, 0.25) is 0 Å². The molecular formula is C16H25NO2. The highest BCUT2D eigenvalue weighted by atomic mass is 16.5. The molecule has 2 rings (SSSR count). The minimum atomic E-state index is 0.0718. The second kappa shape index (κ2) is 6.40. The van der Waals surface area contributed by atoms with E-state index in [1.54, 1.807) is 7.11 Å². The zero-order valence-electron chi connectivity index (χ0n) is 12.2. The van der Waals surface area contributed by atoms with E-state index in [2.05, 4.69) is 31.3 Å². The molecule has 3 nitrogen and oxygen atoms in total. The summed E-state index contributed by atoms with van der Waals surface area (Å²) in [6.45, 7) is 6.29. The van der Waals surface area contributed by atoms with Crippen molar-refractivity contribution in [1.82, 2.24) is 5.32 Å². The summed E-state index contributed by atoms with van der Waals surface area (Å²) in [6.07, 6.45) is 3.76. The molecule has 19 heavy (non-hydrogen) atoms. The van der Waals surface area contributed by atoms with Crippen molar-refractivity contribution in [2.24, 2.45) is 0 Å². The van der Waals surface area contributed by atoms with Gasteiger partial charge < -0.3 is 14.8 Å². The largest absolute Gasteiger partial charge is 0.497 e. The molecule has 0 bridgehead atoms. The zero-order valence-corrected chi connectivity index (χ0v) is 12.2. The van der Waals surface area contributed by atoms with Crippen LogP contribution in [0.5, 0.6) is 5.75 Å². The molecule has 0 amide bonds. The molecule has 1 aliphatic rings. The highest BCUT2D eigenvalue weighted by Crippen LogP contribution is 2.28. The summed E-state index contributed by atoms with van der Waals surface area (Å²) < 4.78 is 11.1. The van der Waals surface area contributed by atoms with Gasteiger partial charge in [-0.3, -0.25) is 0 Å². The lowest BCUT2D eigenvalue weighted by Crippen LogP contribution is -2.30. The Morgan fingerprint density at radius 2 is 2.05 bits per heavy atom. The summed E-state index contributed by atoms with van der Waals surface area (Å²) in [7, 11) is 1.69. The van der Waals surface area contributed by atoms with Gasteiger partial charge in [0.2, 0.25) is 0 Å². The normalized spacial score (nSPS) is 21.5. The molecule has 1 atom stereocenters. The maximum Gasteiger partial charge on any atom is 0.118 e. The fraction of sp³-hybridized carbons (Fsp3) is 0.625. The third-order valence-corrected chi connectivity index (χ3v) is 3.68. The molecule has 106 valence electrons. The highest BCUT2D eigenvalue weighted by Gasteiger charge is 2.30. The van der Waals surface area contributed by atoms with Crippen LogP contribution < -0.4 is 10.1 Å². The monoisotopic (exact) mass is 263 g/mol. The van der Waals surface area contributed by atoms with Crippen molar-refractivity contribution in [2.75, 3.05) is 20.2 Å². The van der Waals surface area contributed by atoms with Crippen LogP contribution in [0.4, 0.5) is 0 Å². The lowest BCUT2D eigenvalue weighted by Gasteiger charge is -2.19. The van der Waals surface area contributed by atoms with Crippen LogP contribution >= 0.6 is 0 Å². The van der Waals surface area contributed by atoms with Gasteiger partial charge in [-0.25, -0.2) is 0 Å². The number of ether oxygens (including phenoxy) is 2. The molecule has 0 aliphatic carbocycles. The van der Waals surface area contributed by atoms with Crippen molar-refractivity contribution < 1.29 is 9.47 Å². The zero-order chi connectivity index (χ0) is 13.7. The SMILES string of the molecule is COc1ccc(CCNCC2CCC(C)(C)O2)cc1. The van der Waals surface area contributed by atoms with E-state index in [0.717, 1.165) is 31.7 Å².